The van der Waals surface area contributed by atoms with Crippen molar-refractivity contribution in [3.05, 3.63) is 65.2 Å². The normalized spacial score (nSPS) is 23.1. The van der Waals surface area contributed by atoms with Gasteiger partial charge in [-0.1, -0.05) is 0 Å². The molecule has 0 amide bonds. The molecule has 3 aromatic rings. The standard InChI is InChI=1S/C23H22F4N4O3S2/c24-17-12-16-18(4-9-34-20(16)13-21(17)36(32,33)30-22-29-7-10-35-22)31-8-3-15(23(25,26)27)11-19(31)14-1-5-28-6-2-14/h1-2,5-7,10,12-13,15,18-19H,3-4,8-9,11H2,(H,29,30)/t15-,18+,19+/m1/s1. The van der Waals surface area contributed by atoms with Crippen LogP contribution in [0.25, 0.3) is 0 Å². The molecule has 1 fully saturated rings. The Kier molecular flexibility index (Phi) is 6.64. The lowest BCUT2D eigenvalue weighted by Crippen LogP contribution is -2.44. The topological polar surface area (TPSA) is 84.4 Å². The minimum absolute atomic E-state index is 0.0789. The van der Waals surface area contributed by atoms with Crippen molar-refractivity contribution in [2.24, 2.45) is 5.92 Å². The summed E-state index contributed by atoms with van der Waals surface area (Å²) in [5.41, 5.74) is 1.11. The fraction of sp³-hybridized carbons (Fsp3) is 0.391. The predicted molar refractivity (Wildman–Crippen MR) is 125 cm³/mol. The fourth-order valence-corrected chi connectivity index (χ4v) is 6.80. The van der Waals surface area contributed by atoms with Crippen LogP contribution in [0.1, 0.15) is 42.5 Å². The monoisotopic (exact) mass is 542 g/mol. The van der Waals surface area contributed by atoms with E-state index >= 15 is 4.39 Å². The van der Waals surface area contributed by atoms with Crippen molar-refractivity contribution in [2.75, 3.05) is 17.9 Å². The molecule has 2 aliphatic heterocycles. The fourth-order valence-electron chi connectivity index (χ4n) is 4.93. The molecule has 0 spiro atoms. The molecule has 192 valence electrons. The van der Waals surface area contributed by atoms with Crippen molar-refractivity contribution in [1.29, 1.82) is 0 Å². The van der Waals surface area contributed by atoms with E-state index in [1.807, 2.05) is 4.90 Å². The molecule has 0 unspecified atom stereocenters. The van der Waals surface area contributed by atoms with Gasteiger partial charge in [0.1, 0.15) is 16.5 Å². The molecule has 36 heavy (non-hydrogen) atoms. The van der Waals surface area contributed by atoms with Crippen LogP contribution in [-0.4, -0.2) is 42.6 Å². The van der Waals surface area contributed by atoms with Gasteiger partial charge in [0.25, 0.3) is 10.0 Å². The van der Waals surface area contributed by atoms with Gasteiger partial charge in [-0.3, -0.25) is 14.6 Å². The third-order valence-electron chi connectivity index (χ3n) is 6.61. The minimum atomic E-state index is -4.31. The second-order valence-corrected chi connectivity index (χ2v) is 11.3. The van der Waals surface area contributed by atoms with Crippen LogP contribution in [0.5, 0.6) is 5.75 Å². The van der Waals surface area contributed by atoms with E-state index in [1.54, 1.807) is 17.5 Å². The molecule has 1 aromatic carbocycles. The Balaban J connectivity index is 1.49. The molecule has 2 aromatic heterocycles. The summed E-state index contributed by atoms with van der Waals surface area (Å²) in [6, 6.07) is 4.63. The van der Waals surface area contributed by atoms with Gasteiger partial charge in [-0.25, -0.2) is 17.8 Å². The van der Waals surface area contributed by atoms with E-state index in [9.17, 15) is 21.6 Å². The zero-order valence-electron chi connectivity index (χ0n) is 18.8. The van der Waals surface area contributed by atoms with Crippen LogP contribution >= 0.6 is 11.3 Å². The number of nitrogens with zero attached hydrogens (tertiary/aromatic N) is 3. The van der Waals surface area contributed by atoms with Crippen LogP contribution < -0.4 is 9.46 Å². The highest BCUT2D eigenvalue weighted by molar-refractivity contribution is 7.93. The van der Waals surface area contributed by atoms with E-state index in [0.717, 1.165) is 23.5 Å². The highest BCUT2D eigenvalue weighted by Crippen LogP contribution is 2.48. The van der Waals surface area contributed by atoms with Gasteiger partial charge < -0.3 is 4.74 Å². The number of thiazole rings is 1. The third-order valence-corrected chi connectivity index (χ3v) is 8.79. The van der Waals surface area contributed by atoms with Crippen LogP contribution in [0.2, 0.25) is 0 Å². The van der Waals surface area contributed by atoms with Crippen LogP contribution in [0.15, 0.2) is 53.1 Å². The summed E-state index contributed by atoms with van der Waals surface area (Å²) in [4.78, 5) is 9.20. The molecular formula is C23H22F4N4O3S2. The summed E-state index contributed by atoms with van der Waals surface area (Å²) >= 11 is 1.05. The number of anilines is 1. The Bertz CT molecular complexity index is 1320. The van der Waals surface area contributed by atoms with Crippen molar-refractivity contribution in [3.8, 4) is 5.75 Å². The molecule has 0 radical (unpaired) electrons. The Morgan fingerprint density at radius 2 is 1.89 bits per heavy atom. The average Bonchev–Trinajstić information content (AvgIpc) is 3.35. The number of aromatic nitrogens is 2. The first-order chi connectivity index (χ1) is 17.1. The highest BCUT2D eigenvalue weighted by Gasteiger charge is 2.46. The molecule has 5 rings (SSSR count). The summed E-state index contributed by atoms with van der Waals surface area (Å²) in [7, 11) is -4.27. The third kappa shape index (κ3) is 4.91. The number of fused-ring (bicyclic) bond motifs is 1. The predicted octanol–water partition coefficient (Wildman–Crippen LogP) is 5.32. The number of halogens is 4. The lowest BCUT2D eigenvalue weighted by atomic mass is 9.84. The van der Waals surface area contributed by atoms with Crippen molar-refractivity contribution in [2.45, 2.75) is 42.4 Å². The quantitative estimate of drug-likeness (QED) is 0.440. The number of sulfonamides is 1. The second-order valence-electron chi connectivity index (χ2n) is 8.71. The lowest BCUT2D eigenvalue weighted by molar-refractivity contribution is -0.192. The summed E-state index contributed by atoms with van der Waals surface area (Å²) in [5, 5.41) is 1.68. The number of pyridine rings is 1. The molecule has 3 atom stereocenters. The molecule has 4 heterocycles. The van der Waals surface area contributed by atoms with Gasteiger partial charge in [-0.05, 0) is 43.1 Å². The first kappa shape index (κ1) is 24.9. The summed E-state index contributed by atoms with van der Waals surface area (Å²) in [6.45, 7) is 0.361. The van der Waals surface area contributed by atoms with E-state index < -0.39 is 44.9 Å². The maximum atomic E-state index is 15.2. The minimum Gasteiger partial charge on any atom is -0.493 e. The van der Waals surface area contributed by atoms with Gasteiger partial charge in [0.15, 0.2) is 5.13 Å². The van der Waals surface area contributed by atoms with Crippen molar-refractivity contribution < 1.29 is 30.7 Å². The van der Waals surface area contributed by atoms with Gasteiger partial charge in [-0.15, -0.1) is 11.3 Å². The Morgan fingerprint density at radius 1 is 1.11 bits per heavy atom. The Morgan fingerprint density at radius 3 is 2.58 bits per heavy atom. The van der Waals surface area contributed by atoms with Crippen molar-refractivity contribution >= 4 is 26.5 Å². The van der Waals surface area contributed by atoms with Gasteiger partial charge in [0.2, 0.25) is 0 Å². The molecule has 0 bridgehead atoms. The zero-order chi connectivity index (χ0) is 25.5. The van der Waals surface area contributed by atoms with Crippen LogP contribution in [0.3, 0.4) is 0 Å². The van der Waals surface area contributed by atoms with Crippen LogP contribution in [0.4, 0.5) is 22.7 Å². The number of ether oxygens (including phenoxy) is 1. The molecule has 1 N–H and O–H groups in total. The SMILES string of the molecule is O=S(=O)(Nc1nccs1)c1cc2c(cc1F)[C@@H](N1CC[C@@H](C(F)(F)F)C[C@H]1c1ccncc1)CCO2. The average molecular weight is 543 g/mol. The number of nitrogens with one attached hydrogen (secondary N) is 1. The largest absolute Gasteiger partial charge is 0.493 e. The molecule has 0 saturated carbocycles. The van der Waals surface area contributed by atoms with Gasteiger partial charge in [-0.2, -0.15) is 13.2 Å². The number of hydrogen-bond acceptors (Lipinski definition) is 7. The van der Waals surface area contributed by atoms with Gasteiger partial charge in [0.05, 0.1) is 12.5 Å². The Hall–Kier alpha value is -2.77. The smallest absolute Gasteiger partial charge is 0.391 e. The van der Waals surface area contributed by atoms with Crippen LogP contribution in [-0.2, 0) is 10.0 Å². The number of piperidine rings is 1. The Labute approximate surface area is 209 Å². The summed E-state index contributed by atoms with van der Waals surface area (Å²) < 4.78 is 89.6. The number of likely N-dealkylation sites (tertiary alicyclic amines) is 1. The highest BCUT2D eigenvalue weighted by atomic mass is 32.2. The van der Waals surface area contributed by atoms with Gasteiger partial charge >= 0.3 is 6.18 Å². The van der Waals surface area contributed by atoms with Crippen molar-refractivity contribution in [3.63, 3.8) is 0 Å². The first-order valence-electron chi connectivity index (χ1n) is 11.2. The van der Waals surface area contributed by atoms with Crippen molar-refractivity contribution in [1.82, 2.24) is 14.9 Å². The number of hydrogen-bond donors (Lipinski definition) is 1. The summed E-state index contributed by atoms with van der Waals surface area (Å²) in [6.07, 6.45) is 0.390. The lowest BCUT2D eigenvalue weighted by Gasteiger charge is -2.46. The van der Waals surface area contributed by atoms with E-state index in [4.69, 9.17) is 4.74 Å². The van der Waals surface area contributed by atoms with E-state index in [1.165, 1.54) is 18.6 Å². The molecule has 0 aliphatic carbocycles. The van der Waals surface area contributed by atoms with E-state index in [2.05, 4.69) is 14.7 Å². The second kappa shape index (κ2) is 9.60. The molecular weight excluding hydrogens is 520 g/mol. The van der Waals surface area contributed by atoms with Gasteiger partial charge in [0, 0.05) is 54.1 Å². The molecule has 2 aliphatic rings. The first-order valence-corrected chi connectivity index (χ1v) is 13.6. The number of alkyl halides is 3. The maximum Gasteiger partial charge on any atom is 0.391 e. The van der Waals surface area contributed by atoms with E-state index in [-0.39, 0.29) is 36.9 Å². The summed E-state index contributed by atoms with van der Waals surface area (Å²) in [5.74, 6) is -2.23. The van der Waals surface area contributed by atoms with E-state index in [0.29, 0.717) is 17.5 Å². The zero-order valence-corrected chi connectivity index (χ0v) is 20.4. The number of benzene rings is 1. The maximum absolute atomic E-state index is 15.2. The molecule has 13 heteroatoms. The molecule has 7 nitrogen and oxygen atoms in total. The number of rotatable bonds is 5. The molecule has 1 saturated heterocycles. The van der Waals surface area contributed by atoms with Crippen LogP contribution in [0, 0.1) is 11.7 Å².